The zero-order chi connectivity index (χ0) is 19.4. The fraction of sp³-hybridized carbons (Fsp3) is 0.455. The number of carbonyl (C=O) groups excluding carboxylic acids is 1. The third kappa shape index (κ3) is 4.66. The van der Waals surface area contributed by atoms with Crippen molar-refractivity contribution in [2.45, 2.75) is 45.2 Å². The molecule has 5 heteroatoms. The summed E-state index contributed by atoms with van der Waals surface area (Å²) in [6, 6.07) is 13.7. The van der Waals surface area contributed by atoms with Gasteiger partial charge in [-0.3, -0.25) is 9.59 Å². The summed E-state index contributed by atoms with van der Waals surface area (Å²) in [6.45, 7) is 6.16. The Kier molecular flexibility index (Phi) is 6.11. The van der Waals surface area contributed by atoms with Gasteiger partial charge in [-0.1, -0.05) is 42.5 Å². The number of nitrogens with one attached hydrogen (secondary N) is 1. The number of benzene rings is 2. The largest absolute Gasteiger partial charge is 0.481 e. The van der Waals surface area contributed by atoms with Crippen LogP contribution in [-0.4, -0.2) is 41.0 Å². The average molecular weight is 368 g/mol. The van der Waals surface area contributed by atoms with E-state index < -0.39 is 12.0 Å². The van der Waals surface area contributed by atoms with E-state index in [4.69, 9.17) is 0 Å². The maximum atomic E-state index is 12.9. The van der Waals surface area contributed by atoms with Crippen molar-refractivity contribution < 1.29 is 14.7 Å². The van der Waals surface area contributed by atoms with Crippen molar-refractivity contribution in [3.63, 3.8) is 0 Å². The van der Waals surface area contributed by atoms with Crippen molar-refractivity contribution in [3.05, 3.63) is 48.0 Å². The summed E-state index contributed by atoms with van der Waals surface area (Å²) in [5, 5.41) is 14.4. The summed E-state index contributed by atoms with van der Waals surface area (Å²) in [4.78, 5) is 26.7. The number of carboxylic acid groups (broad SMARTS) is 1. The first-order chi connectivity index (χ1) is 13.0. The van der Waals surface area contributed by atoms with E-state index in [0.717, 1.165) is 42.3 Å². The zero-order valence-electron chi connectivity index (χ0n) is 16.0. The molecule has 0 radical (unpaired) electrons. The highest BCUT2D eigenvalue weighted by Gasteiger charge is 2.28. The van der Waals surface area contributed by atoms with Gasteiger partial charge < -0.3 is 15.3 Å². The van der Waals surface area contributed by atoms with E-state index in [-0.39, 0.29) is 18.2 Å². The molecule has 2 N–H and O–H groups in total. The van der Waals surface area contributed by atoms with Crippen LogP contribution in [0.15, 0.2) is 42.5 Å². The van der Waals surface area contributed by atoms with Crippen LogP contribution in [0.25, 0.3) is 10.8 Å². The van der Waals surface area contributed by atoms with Gasteiger partial charge >= 0.3 is 5.97 Å². The lowest BCUT2D eigenvalue weighted by Gasteiger charge is -2.34. The maximum absolute atomic E-state index is 12.9. The second-order valence-electron chi connectivity index (χ2n) is 7.63. The van der Waals surface area contributed by atoms with E-state index in [0.29, 0.717) is 6.04 Å². The van der Waals surface area contributed by atoms with Gasteiger partial charge in [0.05, 0.1) is 12.5 Å². The van der Waals surface area contributed by atoms with Gasteiger partial charge in [-0.15, -0.1) is 0 Å². The Morgan fingerprint density at radius 1 is 1.11 bits per heavy atom. The van der Waals surface area contributed by atoms with Crippen LogP contribution in [0, 0.1) is 5.92 Å². The molecule has 1 heterocycles. The minimum atomic E-state index is -0.914. The molecule has 0 aromatic heterocycles. The molecule has 1 aliphatic rings. The van der Waals surface area contributed by atoms with Crippen molar-refractivity contribution in [1.82, 2.24) is 10.2 Å². The lowest BCUT2D eigenvalue weighted by atomic mass is 9.92. The molecule has 0 aliphatic carbocycles. The number of hydrogen-bond acceptors (Lipinski definition) is 3. The minimum absolute atomic E-state index is 0.0300. The van der Waals surface area contributed by atoms with Crippen LogP contribution in [0.1, 0.15) is 44.7 Å². The van der Waals surface area contributed by atoms with Gasteiger partial charge in [0.15, 0.2) is 0 Å². The van der Waals surface area contributed by atoms with Crippen LogP contribution in [0.4, 0.5) is 0 Å². The number of hydrogen-bond donors (Lipinski definition) is 2. The number of aliphatic carboxylic acids is 1. The molecule has 0 saturated carbocycles. The molecule has 2 aromatic rings. The Morgan fingerprint density at radius 3 is 2.44 bits per heavy atom. The second kappa shape index (κ2) is 8.53. The van der Waals surface area contributed by atoms with Crippen LogP contribution in [0.2, 0.25) is 0 Å². The van der Waals surface area contributed by atoms with Crippen molar-refractivity contribution >= 4 is 22.6 Å². The highest BCUT2D eigenvalue weighted by molar-refractivity contribution is 5.88. The average Bonchev–Trinajstić information content (AvgIpc) is 2.66. The Hall–Kier alpha value is -2.40. The van der Waals surface area contributed by atoms with Gasteiger partial charge in [0.2, 0.25) is 5.91 Å². The predicted octanol–water partition coefficient (Wildman–Crippen LogP) is 3.59. The molecule has 144 valence electrons. The molecule has 0 spiro atoms. The van der Waals surface area contributed by atoms with Crippen molar-refractivity contribution in [3.8, 4) is 0 Å². The van der Waals surface area contributed by atoms with Gasteiger partial charge in [0, 0.05) is 12.0 Å². The molecule has 5 nitrogen and oxygen atoms in total. The van der Waals surface area contributed by atoms with Gasteiger partial charge in [-0.2, -0.15) is 0 Å². The van der Waals surface area contributed by atoms with E-state index in [9.17, 15) is 14.7 Å². The van der Waals surface area contributed by atoms with Crippen molar-refractivity contribution in [1.29, 1.82) is 0 Å². The monoisotopic (exact) mass is 368 g/mol. The molecule has 1 atom stereocenters. The standard InChI is InChI=1S/C22H28N2O3/c1-15(2)24-12-10-17(11-13-24)22(27)23-20(14-21(25)26)19-9-5-7-16-6-3-4-8-18(16)19/h3-9,15,17,20H,10-14H2,1-2H3,(H,23,27)(H,25,26)/t20-/m0/s1. The molecule has 2 aromatic carbocycles. The van der Waals surface area contributed by atoms with Gasteiger partial charge in [-0.05, 0) is 56.1 Å². The molecular weight excluding hydrogens is 340 g/mol. The predicted molar refractivity (Wildman–Crippen MR) is 107 cm³/mol. The highest BCUT2D eigenvalue weighted by atomic mass is 16.4. The number of carbonyl (C=O) groups is 2. The number of likely N-dealkylation sites (tertiary alicyclic amines) is 1. The van der Waals surface area contributed by atoms with E-state index in [1.165, 1.54) is 0 Å². The van der Waals surface area contributed by atoms with E-state index in [1.807, 2.05) is 42.5 Å². The van der Waals surface area contributed by atoms with Crippen LogP contribution in [0.5, 0.6) is 0 Å². The summed E-state index contributed by atoms with van der Waals surface area (Å²) >= 11 is 0. The molecule has 0 unspecified atom stereocenters. The van der Waals surface area contributed by atoms with Crippen molar-refractivity contribution in [2.24, 2.45) is 5.92 Å². The zero-order valence-corrected chi connectivity index (χ0v) is 16.0. The number of piperidine rings is 1. The molecule has 1 saturated heterocycles. The third-order valence-corrected chi connectivity index (χ3v) is 5.52. The number of rotatable bonds is 6. The summed E-state index contributed by atoms with van der Waals surface area (Å²) in [5.74, 6) is -0.994. The second-order valence-corrected chi connectivity index (χ2v) is 7.63. The molecular formula is C22H28N2O3. The van der Waals surface area contributed by atoms with Crippen LogP contribution in [-0.2, 0) is 9.59 Å². The number of fused-ring (bicyclic) bond motifs is 1. The summed E-state index contributed by atoms with van der Waals surface area (Å²) in [7, 11) is 0. The Bertz CT molecular complexity index is 805. The molecule has 3 rings (SSSR count). The topological polar surface area (TPSA) is 69.6 Å². The first-order valence-electron chi connectivity index (χ1n) is 9.69. The maximum Gasteiger partial charge on any atom is 0.305 e. The van der Waals surface area contributed by atoms with Gasteiger partial charge in [-0.25, -0.2) is 0 Å². The SMILES string of the molecule is CC(C)N1CCC(C(=O)N[C@@H](CC(=O)O)c2cccc3ccccc23)CC1. The normalized spacial score (nSPS) is 17.1. The molecule has 1 amide bonds. The summed E-state index contributed by atoms with van der Waals surface area (Å²) in [5.41, 5.74) is 0.864. The highest BCUT2D eigenvalue weighted by Crippen LogP contribution is 2.28. The van der Waals surface area contributed by atoms with E-state index in [2.05, 4.69) is 24.1 Å². The fourth-order valence-corrected chi connectivity index (χ4v) is 3.94. The van der Waals surface area contributed by atoms with Crippen LogP contribution >= 0.6 is 0 Å². The van der Waals surface area contributed by atoms with E-state index >= 15 is 0 Å². The van der Waals surface area contributed by atoms with E-state index in [1.54, 1.807) is 0 Å². The summed E-state index contributed by atoms with van der Waals surface area (Å²) < 4.78 is 0. The Labute approximate surface area is 160 Å². The lowest BCUT2D eigenvalue weighted by Crippen LogP contribution is -2.44. The summed E-state index contributed by atoms with van der Waals surface area (Å²) in [6.07, 6.45) is 1.52. The first-order valence-corrected chi connectivity index (χ1v) is 9.69. The number of carboxylic acids is 1. The molecule has 0 bridgehead atoms. The number of nitrogens with zero attached hydrogens (tertiary/aromatic N) is 1. The number of amides is 1. The third-order valence-electron chi connectivity index (χ3n) is 5.52. The Balaban J connectivity index is 1.77. The minimum Gasteiger partial charge on any atom is -0.481 e. The molecule has 1 aliphatic heterocycles. The molecule has 27 heavy (non-hydrogen) atoms. The molecule has 1 fully saturated rings. The Morgan fingerprint density at radius 2 is 1.78 bits per heavy atom. The van der Waals surface area contributed by atoms with Crippen LogP contribution in [0.3, 0.4) is 0 Å². The quantitative estimate of drug-likeness (QED) is 0.817. The first kappa shape index (κ1) is 19.4. The van der Waals surface area contributed by atoms with Gasteiger partial charge in [0.25, 0.3) is 0 Å². The smallest absolute Gasteiger partial charge is 0.305 e. The van der Waals surface area contributed by atoms with Crippen molar-refractivity contribution in [2.75, 3.05) is 13.1 Å². The van der Waals surface area contributed by atoms with Gasteiger partial charge in [0.1, 0.15) is 0 Å². The lowest BCUT2D eigenvalue weighted by molar-refractivity contribution is -0.138. The van der Waals surface area contributed by atoms with Crippen LogP contribution < -0.4 is 5.32 Å². The fourth-order valence-electron chi connectivity index (χ4n) is 3.94.